The number of rotatable bonds is 4. The molecule has 0 saturated carbocycles. The number of fused-ring (bicyclic) bond motifs is 2. The lowest BCUT2D eigenvalue weighted by Gasteiger charge is -2.12. The van der Waals surface area contributed by atoms with E-state index in [9.17, 15) is 4.79 Å². The lowest BCUT2D eigenvalue weighted by Crippen LogP contribution is -2.35. The number of hydrogen-bond acceptors (Lipinski definition) is 5. The molecule has 0 spiro atoms. The molecule has 7 nitrogen and oxygen atoms in total. The highest BCUT2D eigenvalue weighted by atomic mass is 16.2. The second-order valence-corrected chi connectivity index (χ2v) is 8.25. The average Bonchev–Trinajstić information content (AvgIpc) is 3.22. The Labute approximate surface area is 203 Å². The minimum Gasteiger partial charge on any atom is -0.309 e. The van der Waals surface area contributed by atoms with E-state index in [1.165, 1.54) is 0 Å². The zero-order valence-corrected chi connectivity index (χ0v) is 19.7. The molecule has 0 fully saturated rings. The molecule has 1 aromatic carbocycles. The molecule has 1 amide bonds. The van der Waals surface area contributed by atoms with Crippen LogP contribution < -0.4 is 10.6 Å². The van der Waals surface area contributed by atoms with E-state index < -0.39 is 0 Å². The predicted octanol–water partition coefficient (Wildman–Crippen LogP) is 4.20. The molecule has 0 aliphatic carbocycles. The summed E-state index contributed by atoms with van der Waals surface area (Å²) in [5, 5.41) is 7.93. The van der Waals surface area contributed by atoms with Gasteiger partial charge in [-0.3, -0.25) is 14.2 Å². The maximum Gasteiger partial charge on any atom is 0.242 e. The van der Waals surface area contributed by atoms with E-state index in [0.29, 0.717) is 11.5 Å². The number of likely N-dealkylation sites (N-methyl/N-ethyl adjacent to an activating group) is 1. The predicted molar refractivity (Wildman–Crippen MR) is 138 cm³/mol. The first-order chi connectivity index (χ1) is 17.0. The molecule has 0 saturated heterocycles. The third kappa shape index (κ3) is 4.47. The summed E-state index contributed by atoms with van der Waals surface area (Å²) < 4.78 is 2.03. The van der Waals surface area contributed by atoms with Crippen molar-refractivity contribution in [3.8, 4) is 23.1 Å². The summed E-state index contributed by atoms with van der Waals surface area (Å²) in [4.78, 5) is 26.0. The number of nitrogens with zero attached hydrogens (tertiary/aromatic N) is 4. The lowest BCUT2D eigenvalue weighted by atomic mass is 10.1. The molecule has 1 unspecified atom stereocenters. The van der Waals surface area contributed by atoms with E-state index in [2.05, 4.69) is 27.5 Å². The number of amides is 1. The van der Waals surface area contributed by atoms with Crippen LogP contribution in [0.5, 0.6) is 0 Å². The summed E-state index contributed by atoms with van der Waals surface area (Å²) in [5.74, 6) is 6.78. The van der Waals surface area contributed by atoms with Gasteiger partial charge in [0, 0.05) is 35.1 Å². The van der Waals surface area contributed by atoms with Gasteiger partial charge < -0.3 is 10.6 Å². The van der Waals surface area contributed by atoms with Gasteiger partial charge in [0.1, 0.15) is 17.2 Å². The molecule has 0 aliphatic rings. The van der Waals surface area contributed by atoms with Crippen molar-refractivity contribution < 1.29 is 4.79 Å². The van der Waals surface area contributed by atoms with E-state index in [1.807, 2.05) is 72.2 Å². The fourth-order valence-electron chi connectivity index (χ4n) is 3.91. The fourth-order valence-corrected chi connectivity index (χ4v) is 3.91. The van der Waals surface area contributed by atoms with Gasteiger partial charge in [0.15, 0.2) is 0 Å². The molecule has 0 radical (unpaired) electrons. The number of imidazole rings is 1. The van der Waals surface area contributed by atoms with E-state index in [0.717, 1.165) is 38.9 Å². The quantitative estimate of drug-likeness (QED) is 0.393. The largest absolute Gasteiger partial charge is 0.309 e. The molecule has 5 rings (SSSR count). The molecule has 4 aromatic heterocycles. The van der Waals surface area contributed by atoms with Gasteiger partial charge >= 0.3 is 0 Å². The Hall–Kier alpha value is -4.54. The standard InChI is InChI=1S/C28H24N6O/c1-18-27(34-15-5-4-6-26(34)31-18)23-10-12-25(33-28(35)19(2)29-3)32-24(23)11-8-20-7-9-22-17-30-14-13-21(22)16-20/h4-7,9-10,12-17,19,29H,1-3H3,(H,32,33,35). The summed E-state index contributed by atoms with van der Waals surface area (Å²) in [5.41, 5.74) is 4.91. The molecule has 4 heterocycles. The van der Waals surface area contributed by atoms with Crippen LogP contribution in [0.4, 0.5) is 5.82 Å². The summed E-state index contributed by atoms with van der Waals surface area (Å²) in [7, 11) is 1.74. The van der Waals surface area contributed by atoms with Crippen molar-refractivity contribution in [3.05, 3.63) is 90.1 Å². The Morgan fingerprint density at radius 3 is 2.77 bits per heavy atom. The Kier molecular flexibility index (Phi) is 5.96. The van der Waals surface area contributed by atoms with E-state index in [1.54, 1.807) is 26.2 Å². The maximum atomic E-state index is 12.4. The Morgan fingerprint density at radius 2 is 1.91 bits per heavy atom. The van der Waals surface area contributed by atoms with E-state index >= 15 is 0 Å². The average molecular weight is 461 g/mol. The second-order valence-electron chi connectivity index (χ2n) is 8.25. The topological polar surface area (TPSA) is 84.2 Å². The van der Waals surface area contributed by atoms with Gasteiger partial charge in [0.25, 0.3) is 0 Å². The zero-order chi connectivity index (χ0) is 24.4. The Balaban J connectivity index is 1.62. The van der Waals surface area contributed by atoms with Crippen LogP contribution in [0.3, 0.4) is 0 Å². The first-order valence-electron chi connectivity index (χ1n) is 11.3. The number of pyridine rings is 3. The monoisotopic (exact) mass is 460 g/mol. The highest BCUT2D eigenvalue weighted by Crippen LogP contribution is 2.28. The number of nitrogens with one attached hydrogen (secondary N) is 2. The van der Waals surface area contributed by atoms with Crippen molar-refractivity contribution in [2.75, 3.05) is 12.4 Å². The normalized spacial score (nSPS) is 11.7. The van der Waals surface area contributed by atoms with Crippen molar-refractivity contribution in [2.45, 2.75) is 19.9 Å². The molecule has 2 N–H and O–H groups in total. The minimum absolute atomic E-state index is 0.166. The smallest absolute Gasteiger partial charge is 0.242 e. The van der Waals surface area contributed by atoms with Crippen LogP contribution in [0.25, 0.3) is 27.7 Å². The summed E-state index contributed by atoms with van der Waals surface area (Å²) in [6.07, 6.45) is 5.58. The van der Waals surface area contributed by atoms with Crippen LogP contribution in [-0.4, -0.2) is 38.3 Å². The molecule has 5 aromatic rings. The second kappa shape index (κ2) is 9.37. The van der Waals surface area contributed by atoms with Crippen LogP contribution in [-0.2, 0) is 4.79 Å². The molecule has 7 heteroatoms. The number of carbonyl (C=O) groups is 1. The van der Waals surface area contributed by atoms with Gasteiger partial charge in [-0.15, -0.1) is 0 Å². The number of carbonyl (C=O) groups excluding carboxylic acids is 1. The molecule has 172 valence electrons. The fraction of sp³-hybridized carbons (Fsp3) is 0.143. The first-order valence-corrected chi connectivity index (χ1v) is 11.3. The van der Waals surface area contributed by atoms with Crippen LogP contribution in [0.2, 0.25) is 0 Å². The number of anilines is 1. The Morgan fingerprint density at radius 1 is 1.03 bits per heavy atom. The molecule has 0 bridgehead atoms. The van der Waals surface area contributed by atoms with Crippen LogP contribution in [0.15, 0.2) is 73.2 Å². The van der Waals surface area contributed by atoms with Crippen LogP contribution in [0.1, 0.15) is 23.9 Å². The van der Waals surface area contributed by atoms with Gasteiger partial charge in [-0.05, 0) is 74.7 Å². The van der Waals surface area contributed by atoms with Crippen LogP contribution in [0, 0.1) is 18.8 Å². The third-order valence-electron chi connectivity index (χ3n) is 5.90. The maximum absolute atomic E-state index is 12.4. The third-order valence-corrected chi connectivity index (χ3v) is 5.90. The van der Waals surface area contributed by atoms with Crippen LogP contribution >= 0.6 is 0 Å². The molecule has 35 heavy (non-hydrogen) atoms. The van der Waals surface area contributed by atoms with E-state index in [4.69, 9.17) is 9.97 Å². The molecule has 0 aliphatic heterocycles. The van der Waals surface area contributed by atoms with Gasteiger partial charge in [0.05, 0.1) is 17.4 Å². The lowest BCUT2D eigenvalue weighted by molar-refractivity contribution is -0.117. The SMILES string of the molecule is CNC(C)C(=O)Nc1ccc(-c2c(C)nc3ccccn23)c(C#Cc2ccc3cnccc3c2)n1. The van der Waals surface area contributed by atoms with Crippen molar-refractivity contribution in [1.82, 2.24) is 24.7 Å². The summed E-state index contributed by atoms with van der Waals surface area (Å²) in [6, 6.07) is 17.2. The number of hydrogen-bond donors (Lipinski definition) is 2. The molecular weight excluding hydrogens is 436 g/mol. The molecular formula is C28H24N6O. The zero-order valence-electron chi connectivity index (χ0n) is 19.7. The van der Waals surface area contributed by atoms with Crippen molar-refractivity contribution >= 4 is 28.1 Å². The number of aryl methyl sites for hydroxylation is 1. The van der Waals surface area contributed by atoms with Gasteiger partial charge in [0.2, 0.25) is 5.91 Å². The van der Waals surface area contributed by atoms with Crippen molar-refractivity contribution in [2.24, 2.45) is 0 Å². The Bertz CT molecular complexity index is 1630. The van der Waals surface area contributed by atoms with Gasteiger partial charge in [-0.25, -0.2) is 9.97 Å². The highest BCUT2D eigenvalue weighted by Gasteiger charge is 2.17. The highest BCUT2D eigenvalue weighted by molar-refractivity contribution is 5.94. The van der Waals surface area contributed by atoms with E-state index in [-0.39, 0.29) is 11.9 Å². The van der Waals surface area contributed by atoms with Crippen molar-refractivity contribution in [1.29, 1.82) is 0 Å². The summed E-state index contributed by atoms with van der Waals surface area (Å²) in [6.45, 7) is 3.77. The van der Waals surface area contributed by atoms with Crippen molar-refractivity contribution in [3.63, 3.8) is 0 Å². The molecule has 1 atom stereocenters. The first kappa shape index (κ1) is 22.3. The number of benzene rings is 1. The summed E-state index contributed by atoms with van der Waals surface area (Å²) >= 11 is 0. The van der Waals surface area contributed by atoms with Gasteiger partial charge in [-0.2, -0.15) is 0 Å². The van der Waals surface area contributed by atoms with Gasteiger partial charge in [-0.1, -0.05) is 18.1 Å². The minimum atomic E-state index is -0.348. The number of aromatic nitrogens is 4.